The van der Waals surface area contributed by atoms with E-state index in [0.29, 0.717) is 30.0 Å². The molecule has 0 atom stereocenters. The van der Waals surface area contributed by atoms with Crippen molar-refractivity contribution in [1.82, 2.24) is 14.8 Å². The molecule has 3 aromatic rings. The third kappa shape index (κ3) is 3.88. The number of thioether (sulfide) groups is 1. The van der Waals surface area contributed by atoms with Gasteiger partial charge in [0.1, 0.15) is 5.82 Å². The highest BCUT2D eigenvalue weighted by atomic mass is 35.5. The fourth-order valence-electron chi connectivity index (χ4n) is 3.31. The number of halogens is 1. The number of fused-ring (bicyclic) bond motifs is 1. The Morgan fingerprint density at radius 1 is 1.21 bits per heavy atom. The lowest BCUT2D eigenvalue weighted by molar-refractivity contribution is 0.297. The predicted octanol–water partition coefficient (Wildman–Crippen LogP) is 5.37. The molecule has 146 valence electrons. The minimum atomic E-state index is 0.542. The molecule has 0 amide bonds. The topological polar surface area (TPSA) is 49.2 Å². The molecule has 5 nitrogen and oxygen atoms in total. The van der Waals surface area contributed by atoms with Gasteiger partial charge in [-0.1, -0.05) is 29.4 Å². The zero-order valence-electron chi connectivity index (χ0n) is 15.3. The Morgan fingerprint density at radius 3 is 2.93 bits per heavy atom. The number of aromatic nitrogens is 3. The standard InChI is InChI=1S/C20H20ClN3O2S2/c21-16-9-13(10-17-19(16)26-7-2-6-25-17)12-28-20-23-22-18(24(20)14-4-5-14)11-15-3-1-8-27-15/h1,3,8-10,14H,2,4-7,11-12H2. The second kappa shape index (κ2) is 7.97. The lowest BCUT2D eigenvalue weighted by atomic mass is 10.2. The average molecular weight is 434 g/mol. The van der Waals surface area contributed by atoms with E-state index < -0.39 is 0 Å². The summed E-state index contributed by atoms with van der Waals surface area (Å²) in [6.07, 6.45) is 4.13. The molecule has 0 bridgehead atoms. The van der Waals surface area contributed by atoms with Crippen LogP contribution in [0.4, 0.5) is 0 Å². The van der Waals surface area contributed by atoms with Gasteiger partial charge >= 0.3 is 0 Å². The smallest absolute Gasteiger partial charge is 0.191 e. The Hall–Kier alpha value is -1.70. The van der Waals surface area contributed by atoms with Gasteiger partial charge in [-0.05, 0) is 42.0 Å². The number of thiophene rings is 1. The molecule has 0 N–H and O–H groups in total. The van der Waals surface area contributed by atoms with Crippen molar-refractivity contribution in [3.63, 3.8) is 0 Å². The highest BCUT2D eigenvalue weighted by Crippen LogP contribution is 2.42. The molecule has 8 heteroatoms. The Morgan fingerprint density at radius 2 is 2.11 bits per heavy atom. The van der Waals surface area contributed by atoms with Gasteiger partial charge in [0.2, 0.25) is 0 Å². The van der Waals surface area contributed by atoms with Gasteiger partial charge in [0.25, 0.3) is 0 Å². The zero-order chi connectivity index (χ0) is 18.9. The number of benzene rings is 1. The van der Waals surface area contributed by atoms with Crippen LogP contribution in [0, 0.1) is 0 Å². The van der Waals surface area contributed by atoms with Crippen LogP contribution in [-0.2, 0) is 12.2 Å². The highest BCUT2D eigenvalue weighted by Gasteiger charge is 2.29. The second-order valence-electron chi connectivity index (χ2n) is 7.00. The first kappa shape index (κ1) is 18.3. The Labute approximate surface area is 177 Å². The third-order valence-corrected chi connectivity index (χ3v) is 6.96. The molecule has 5 rings (SSSR count). The summed E-state index contributed by atoms with van der Waals surface area (Å²) in [4.78, 5) is 1.32. The lowest BCUT2D eigenvalue weighted by Gasteiger charge is -2.12. The van der Waals surface area contributed by atoms with Crippen LogP contribution in [0.1, 0.15) is 41.6 Å². The number of ether oxygens (including phenoxy) is 2. The van der Waals surface area contributed by atoms with Gasteiger partial charge in [0, 0.05) is 29.5 Å². The summed E-state index contributed by atoms with van der Waals surface area (Å²) in [6.45, 7) is 1.29. The first-order chi connectivity index (χ1) is 13.8. The molecule has 3 heterocycles. The SMILES string of the molecule is Clc1cc(CSc2nnc(Cc3cccs3)n2C2CC2)cc2c1OCCCO2. The molecule has 1 aliphatic heterocycles. The van der Waals surface area contributed by atoms with Gasteiger partial charge in [0.15, 0.2) is 16.7 Å². The summed E-state index contributed by atoms with van der Waals surface area (Å²) in [5, 5.41) is 12.7. The van der Waals surface area contributed by atoms with Gasteiger partial charge < -0.3 is 14.0 Å². The molecule has 1 fully saturated rings. The summed E-state index contributed by atoms with van der Waals surface area (Å²) in [5.74, 6) is 3.22. The van der Waals surface area contributed by atoms with E-state index in [4.69, 9.17) is 21.1 Å². The molecule has 1 aliphatic carbocycles. The van der Waals surface area contributed by atoms with Gasteiger partial charge in [-0.25, -0.2) is 0 Å². The third-order valence-electron chi connectivity index (χ3n) is 4.79. The Balaban J connectivity index is 1.35. The predicted molar refractivity (Wildman–Crippen MR) is 112 cm³/mol. The van der Waals surface area contributed by atoms with E-state index in [1.165, 1.54) is 17.7 Å². The largest absolute Gasteiger partial charge is 0.489 e. The van der Waals surface area contributed by atoms with Crippen molar-refractivity contribution in [1.29, 1.82) is 0 Å². The Kier molecular flexibility index (Phi) is 5.22. The van der Waals surface area contributed by atoms with Crippen LogP contribution in [0.2, 0.25) is 5.02 Å². The summed E-state index contributed by atoms with van der Waals surface area (Å²) in [6, 6.07) is 8.78. The minimum absolute atomic E-state index is 0.542. The van der Waals surface area contributed by atoms with Crippen LogP contribution in [0.15, 0.2) is 34.8 Å². The fraction of sp³-hybridized carbons (Fsp3) is 0.400. The monoisotopic (exact) mass is 433 g/mol. The van der Waals surface area contributed by atoms with Crippen molar-refractivity contribution in [3.05, 3.63) is 50.9 Å². The van der Waals surface area contributed by atoms with E-state index in [0.717, 1.165) is 40.9 Å². The molecular formula is C20H20ClN3O2S2. The molecule has 1 aromatic carbocycles. The molecule has 0 saturated heterocycles. The van der Waals surface area contributed by atoms with E-state index in [9.17, 15) is 0 Å². The average Bonchev–Trinajstić information content (AvgIpc) is 3.33. The van der Waals surface area contributed by atoms with E-state index in [2.05, 4.69) is 32.3 Å². The van der Waals surface area contributed by atoms with Crippen LogP contribution in [-0.4, -0.2) is 28.0 Å². The quantitative estimate of drug-likeness (QED) is 0.489. The van der Waals surface area contributed by atoms with Crippen LogP contribution in [0.25, 0.3) is 0 Å². The number of rotatable bonds is 6. The van der Waals surface area contributed by atoms with Gasteiger partial charge in [-0.15, -0.1) is 21.5 Å². The van der Waals surface area contributed by atoms with E-state index >= 15 is 0 Å². The molecule has 0 unspecified atom stereocenters. The fourth-order valence-corrected chi connectivity index (χ4v) is 5.25. The first-order valence-corrected chi connectivity index (χ1v) is 11.7. The summed E-state index contributed by atoms with van der Waals surface area (Å²) < 4.78 is 13.9. The minimum Gasteiger partial charge on any atom is -0.489 e. The zero-order valence-corrected chi connectivity index (χ0v) is 17.7. The second-order valence-corrected chi connectivity index (χ2v) is 9.38. The molecular weight excluding hydrogens is 414 g/mol. The molecule has 28 heavy (non-hydrogen) atoms. The van der Waals surface area contributed by atoms with Crippen molar-refractivity contribution in [2.24, 2.45) is 0 Å². The highest BCUT2D eigenvalue weighted by molar-refractivity contribution is 7.98. The summed E-state index contributed by atoms with van der Waals surface area (Å²) in [5.41, 5.74) is 1.10. The van der Waals surface area contributed by atoms with Crippen LogP contribution in [0.5, 0.6) is 11.5 Å². The van der Waals surface area contributed by atoms with Crippen LogP contribution in [0.3, 0.4) is 0 Å². The summed E-state index contributed by atoms with van der Waals surface area (Å²) in [7, 11) is 0. The Bertz CT molecular complexity index is 970. The molecule has 0 spiro atoms. The summed E-state index contributed by atoms with van der Waals surface area (Å²) >= 11 is 9.90. The first-order valence-electron chi connectivity index (χ1n) is 9.45. The van der Waals surface area contributed by atoms with Crippen molar-refractivity contribution < 1.29 is 9.47 Å². The van der Waals surface area contributed by atoms with Crippen molar-refractivity contribution in [2.75, 3.05) is 13.2 Å². The van der Waals surface area contributed by atoms with Gasteiger partial charge in [0.05, 0.1) is 18.2 Å². The maximum Gasteiger partial charge on any atom is 0.191 e. The van der Waals surface area contributed by atoms with Crippen molar-refractivity contribution >= 4 is 34.7 Å². The van der Waals surface area contributed by atoms with E-state index in [-0.39, 0.29) is 0 Å². The van der Waals surface area contributed by atoms with Crippen LogP contribution >= 0.6 is 34.7 Å². The van der Waals surface area contributed by atoms with Gasteiger partial charge in [-0.2, -0.15) is 0 Å². The number of hydrogen-bond donors (Lipinski definition) is 0. The van der Waals surface area contributed by atoms with E-state index in [1.807, 2.05) is 12.1 Å². The molecule has 2 aliphatic rings. The number of hydrogen-bond acceptors (Lipinski definition) is 6. The van der Waals surface area contributed by atoms with Crippen molar-refractivity contribution in [3.8, 4) is 11.5 Å². The normalized spacial score (nSPS) is 16.2. The number of nitrogens with zero attached hydrogens (tertiary/aromatic N) is 3. The lowest BCUT2D eigenvalue weighted by Crippen LogP contribution is -2.03. The molecule has 2 aromatic heterocycles. The maximum absolute atomic E-state index is 6.43. The van der Waals surface area contributed by atoms with Crippen LogP contribution < -0.4 is 9.47 Å². The maximum atomic E-state index is 6.43. The van der Waals surface area contributed by atoms with Crippen molar-refractivity contribution in [2.45, 2.75) is 42.6 Å². The van der Waals surface area contributed by atoms with Gasteiger partial charge in [-0.3, -0.25) is 0 Å². The molecule has 0 radical (unpaired) electrons. The molecule has 1 saturated carbocycles. The van der Waals surface area contributed by atoms with E-state index in [1.54, 1.807) is 23.1 Å².